The van der Waals surface area contributed by atoms with Crippen LogP contribution < -0.4 is 11.1 Å². The standard InChI is InChI=1S/C21H23FN6O2/c1-27(2)21(30)11-3-4-13-16(7-11)26-18-14(20(24)29)8-15(22)19(17(13)18)25-12-5-6-28(9-12)10-23/h3-4,7-8,12,20,25-26,29H,5-6,9,24H2,1-2H3/t12-,20?/m0/s1. The third-order valence-electron chi connectivity index (χ3n) is 5.51. The summed E-state index contributed by atoms with van der Waals surface area (Å²) in [5.41, 5.74) is 7.84. The van der Waals surface area contributed by atoms with E-state index in [1.54, 1.807) is 37.2 Å². The zero-order valence-corrected chi connectivity index (χ0v) is 16.7. The number of carbonyl (C=O) groups excluding carboxylic acids is 1. The van der Waals surface area contributed by atoms with E-state index in [0.717, 1.165) is 0 Å². The van der Waals surface area contributed by atoms with Crippen LogP contribution in [0.15, 0.2) is 24.3 Å². The highest BCUT2D eigenvalue weighted by molar-refractivity contribution is 6.15. The predicted molar refractivity (Wildman–Crippen MR) is 112 cm³/mol. The molecule has 2 atom stereocenters. The number of halogens is 1. The molecule has 0 aliphatic carbocycles. The molecule has 30 heavy (non-hydrogen) atoms. The Morgan fingerprint density at radius 1 is 1.47 bits per heavy atom. The summed E-state index contributed by atoms with van der Waals surface area (Å²) < 4.78 is 15.1. The number of nitrogens with two attached hydrogens (primary N) is 1. The van der Waals surface area contributed by atoms with Gasteiger partial charge in [0, 0.05) is 60.6 Å². The fourth-order valence-electron chi connectivity index (χ4n) is 4.01. The number of nitrogens with zero attached hydrogens (tertiary/aromatic N) is 3. The van der Waals surface area contributed by atoms with Crippen molar-refractivity contribution < 1.29 is 14.3 Å². The lowest BCUT2D eigenvalue weighted by molar-refractivity contribution is 0.0827. The minimum atomic E-state index is -1.37. The third kappa shape index (κ3) is 3.30. The Labute approximate surface area is 172 Å². The Bertz CT molecular complexity index is 1180. The second-order valence-electron chi connectivity index (χ2n) is 7.78. The zero-order valence-electron chi connectivity index (χ0n) is 16.7. The fourth-order valence-corrected chi connectivity index (χ4v) is 4.01. The molecule has 8 nitrogen and oxygen atoms in total. The summed E-state index contributed by atoms with van der Waals surface area (Å²) in [6.07, 6.45) is 1.45. The number of carbonyl (C=O) groups is 1. The summed E-state index contributed by atoms with van der Waals surface area (Å²) in [5, 5.41) is 23.6. The van der Waals surface area contributed by atoms with Gasteiger partial charge in [-0.25, -0.2) is 4.39 Å². The van der Waals surface area contributed by atoms with Crippen LogP contribution in [-0.2, 0) is 0 Å². The van der Waals surface area contributed by atoms with Gasteiger partial charge in [-0.2, -0.15) is 5.26 Å². The van der Waals surface area contributed by atoms with Crippen LogP contribution in [0, 0.1) is 17.3 Å². The molecule has 1 saturated heterocycles. The van der Waals surface area contributed by atoms with Crippen LogP contribution >= 0.6 is 0 Å². The average molecular weight is 410 g/mol. The highest BCUT2D eigenvalue weighted by atomic mass is 19.1. The van der Waals surface area contributed by atoms with E-state index in [4.69, 9.17) is 11.0 Å². The molecule has 0 radical (unpaired) electrons. The molecule has 1 amide bonds. The fraction of sp³-hybridized carbons (Fsp3) is 0.333. The van der Waals surface area contributed by atoms with Crippen molar-refractivity contribution in [3.05, 3.63) is 41.2 Å². The number of aromatic nitrogens is 1. The number of aliphatic hydroxyl groups is 1. The highest BCUT2D eigenvalue weighted by Gasteiger charge is 2.26. The summed E-state index contributed by atoms with van der Waals surface area (Å²) in [7, 11) is 3.34. The first-order chi connectivity index (χ1) is 14.3. The SMILES string of the molecule is CN(C)C(=O)c1ccc2c(c1)[nH]c1c(C(N)O)cc(F)c(N[C@H]3CCN(C#N)C3)c12. The van der Waals surface area contributed by atoms with Crippen LogP contribution in [0.25, 0.3) is 21.8 Å². The molecule has 0 spiro atoms. The summed E-state index contributed by atoms with van der Waals surface area (Å²) in [5.74, 6) is -0.687. The quantitative estimate of drug-likeness (QED) is 0.386. The number of nitriles is 1. The summed E-state index contributed by atoms with van der Waals surface area (Å²) in [4.78, 5) is 18.6. The van der Waals surface area contributed by atoms with Crippen molar-refractivity contribution in [2.45, 2.75) is 18.7 Å². The normalized spacial score (nSPS) is 17.3. The number of rotatable bonds is 4. The average Bonchev–Trinajstić information content (AvgIpc) is 3.32. The van der Waals surface area contributed by atoms with E-state index in [1.165, 1.54) is 11.0 Å². The van der Waals surface area contributed by atoms with E-state index >= 15 is 4.39 Å². The van der Waals surface area contributed by atoms with Crippen molar-refractivity contribution in [2.75, 3.05) is 32.5 Å². The Kier molecular flexibility index (Phi) is 4.97. The van der Waals surface area contributed by atoms with E-state index in [1.807, 2.05) is 0 Å². The van der Waals surface area contributed by atoms with Gasteiger partial charge in [-0.05, 0) is 24.6 Å². The highest BCUT2D eigenvalue weighted by Crippen LogP contribution is 2.38. The lowest BCUT2D eigenvalue weighted by Gasteiger charge is -2.18. The van der Waals surface area contributed by atoms with Gasteiger partial charge in [0.05, 0.1) is 11.2 Å². The van der Waals surface area contributed by atoms with Gasteiger partial charge in [0.2, 0.25) is 0 Å². The van der Waals surface area contributed by atoms with Gasteiger partial charge >= 0.3 is 0 Å². The van der Waals surface area contributed by atoms with Crippen LogP contribution in [0.1, 0.15) is 28.6 Å². The molecular weight excluding hydrogens is 387 g/mol. The maximum Gasteiger partial charge on any atom is 0.253 e. The number of likely N-dealkylation sites (tertiary alicyclic amines) is 1. The Hall–Kier alpha value is -3.35. The van der Waals surface area contributed by atoms with Crippen molar-refractivity contribution in [3.8, 4) is 6.19 Å². The summed E-state index contributed by atoms with van der Waals surface area (Å²) in [6, 6.07) is 6.29. The van der Waals surface area contributed by atoms with Crippen molar-refractivity contribution >= 4 is 33.4 Å². The van der Waals surface area contributed by atoms with Gasteiger partial charge in [-0.1, -0.05) is 6.07 Å². The smallest absolute Gasteiger partial charge is 0.253 e. The number of nitrogens with one attached hydrogen (secondary N) is 2. The van der Waals surface area contributed by atoms with Gasteiger partial charge in [0.15, 0.2) is 6.19 Å². The maximum atomic E-state index is 15.1. The molecule has 5 N–H and O–H groups in total. The minimum absolute atomic E-state index is 0.0875. The minimum Gasteiger partial charge on any atom is -0.377 e. The Morgan fingerprint density at radius 3 is 2.87 bits per heavy atom. The molecule has 1 aliphatic rings. The molecule has 1 fully saturated rings. The van der Waals surface area contributed by atoms with E-state index in [2.05, 4.69) is 16.5 Å². The first-order valence-electron chi connectivity index (χ1n) is 9.64. The van der Waals surface area contributed by atoms with Gasteiger partial charge in [-0.3, -0.25) is 4.79 Å². The molecule has 1 aromatic heterocycles. The maximum absolute atomic E-state index is 15.1. The molecular formula is C21H23FN6O2. The number of H-pyrrole nitrogens is 1. The number of amides is 1. The summed E-state index contributed by atoms with van der Waals surface area (Å²) >= 11 is 0. The molecule has 2 aromatic carbocycles. The number of hydrogen-bond acceptors (Lipinski definition) is 6. The van der Waals surface area contributed by atoms with E-state index < -0.39 is 12.0 Å². The lowest BCUT2D eigenvalue weighted by atomic mass is 10.0. The van der Waals surface area contributed by atoms with Crippen LogP contribution in [0.3, 0.4) is 0 Å². The van der Waals surface area contributed by atoms with Crippen molar-refractivity contribution in [1.29, 1.82) is 5.26 Å². The first kappa shape index (κ1) is 19.9. The number of hydrogen-bond donors (Lipinski definition) is 4. The largest absolute Gasteiger partial charge is 0.377 e. The Morgan fingerprint density at radius 2 is 2.23 bits per heavy atom. The molecule has 1 unspecified atom stereocenters. The number of aliphatic hydroxyl groups excluding tert-OH is 1. The van der Waals surface area contributed by atoms with Gasteiger partial charge in [0.1, 0.15) is 12.0 Å². The van der Waals surface area contributed by atoms with Gasteiger partial charge in [0.25, 0.3) is 5.91 Å². The van der Waals surface area contributed by atoms with E-state index in [-0.39, 0.29) is 23.2 Å². The third-order valence-corrected chi connectivity index (χ3v) is 5.51. The van der Waals surface area contributed by atoms with Crippen LogP contribution in [0.2, 0.25) is 0 Å². The molecule has 3 aromatic rings. The molecule has 0 saturated carbocycles. The van der Waals surface area contributed by atoms with Gasteiger partial charge in [-0.15, -0.1) is 0 Å². The van der Waals surface area contributed by atoms with Crippen LogP contribution in [0.4, 0.5) is 10.1 Å². The Balaban J connectivity index is 1.90. The first-order valence-corrected chi connectivity index (χ1v) is 9.64. The topological polar surface area (TPSA) is 121 Å². The van der Waals surface area contributed by atoms with Crippen LogP contribution in [-0.4, -0.2) is 59.0 Å². The van der Waals surface area contributed by atoms with Gasteiger partial charge < -0.3 is 30.9 Å². The van der Waals surface area contributed by atoms with Crippen molar-refractivity contribution in [1.82, 2.24) is 14.8 Å². The second-order valence-corrected chi connectivity index (χ2v) is 7.78. The van der Waals surface area contributed by atoms with Crippen LogP contribution in [0.5, 0.6) is 0 Å². The van der Waals surface area contributed by atoms with E-state index in [0.29, 0.717) is 46.9 Å². The molecule has 9 heteroatoms. The lowest BCUT2D eigenvalue weighted by Crippen LogP contribution is -2.24. The molecule has 1 aliphatic heterocycles. The number of aromatic amines is 1. The van der Waals surface area contributed by atoms with Crippen molar-refractivity contribution in [2.24, 2.45) is 5.73 Å². The summed E-state index contributed by atoms with van der Waals surface area (Å²) in [6.45, 7) is 1.10. The zero-order chi connectivity index (χ0) is 21.6. The van der Waals surface area contributed by atoms with Crippen molar-refractivity contribution in [3.63, 3.8) is 0 Å². The molecule has 2 heterocycles. The molecule has 156 valence electrons. The molecule has 0 bridgehead atoms. The second kappa shape index (κ2) is 7.48. The number of anilines is 1. The predicted octanol–water partition coefficient (Wildman–Crippen LogP) is 2.08. The monoisotopic (exact) mass is 410 g/mol. The number of benzene rings is 2. The van der Waals surface area contributed by atoms with E-state index in [9.17, 15) is 9.90 Å². The molecule has 4 rings (SSSR count). The number of fused-ring (bicyclic) bond motifs is 3.